The third-order valence-corrected chi connectivity index (χ3v) is 7.95. The number of benzene rings is 1. The van der Waals surface area contributed by atoms with Gasteiger partial charge in [-0.25, -0.2) is 0 Å². The number of nitrogens with two attached hydrogens (primary N) is 1. The predicted octanol–water partition coefficient (Wildman–Crippen LogP) is 1.27. The zero-order valence-electron chi connectivity index (χ0n) is 20.8. The number of ether oxygens (including phenoxy) is 1. The topological polar surface area (TPSA) is 174 Å². The molecule has 0 saturated carbocycles. The Bertz CT molecular complexity index is 1160. The van der Waals surface area contributed by atoms with Crippen LogP contribution < -0.4 is 5.73 Å². The first-order valence-corrected chi connectivity index (χ1v) is 12.1. The van der Waals surface area contributed by atoms with Crippen molar-refractivity contribution in [1.29, 1.82) is 0 Å². The lowest BCUT2D eigenvalue weighted by atomic mass is 9.54. The first-order valence-electron chi connectivity index (χ1n) is 12.1. The minimum absolute atomic E-state index is 0.0195. The average molecular weight is 503 g/mol. The van der Waals surface area contributed by atoms with Gasteiger partial charge in [0, 0.05) is 24.0 Å². The lowest BCUT2D eigenvalue weighted by Crippen LogP contribution is -2.70. The van der Waals surface area contributed by atoms with Crippen molar-refractivity contribution in [2.24, 2.45) is 17.6 Å². The van der Waals surface area contributed by atoms with Gasteiger partial charge in [-0.2, -0.15) is 0 Å². The number of hydrogen-bond acceptors (Lipinski definition) is 9. The molecule has 196 valence electrons. The lowest BCUT2D eigenvalue weighted by molar-refractivity contribution is -0.188. The van der Waals surface area contributed by atoms with Crippen molar-refractivity contribution in [3.63, 3.8) is 0 Å². The number of carbonyl (C=O) groups excluding carboxylic acids is 2. The Morgan fingerprint density at radius 2 is 1.89 bits per heavy atom. The second-order valence-electron chi connectivity index (χ2n) is 10.2. The van der Waals surface area contributed by atoms with Crippen LogP contribution in [0.1, 0.15) is 48.5 Å². The Morgan fingerprint density at radius 3 is 2.47 bits per heavy atom. The Labute approximate surface area is 209 Å². The molecule has 0 heterocycles. The van der Waals surface area contributed by atoms with Gasteiger partial charge in [0.2, 0.25) is 0 Å². The number of rotatable bonds is 6. The highest BCUT2D eigenvalue weighted by molar-refractivity contribution is 6.14. The fraction of sp³-hybridized carbons (Fsp3) is 0.538. The van der Waals surface area contributed by atoms with Crippen LogP contribution >= 0.6 is 0 Å². The third-order valence-electron chi connectivity index (χ3n) is 7.95. The number of phenols is 1. The Morgan fingerprint density at radius 1 is 1.22 bits per heavy atom. The maximum Gasteiger partial charge on any atom is 0.250 e. The number of aromatic hydroxyl groups is 1. The van der Waals surface area contributed by atoms with Crippen molar-refractivity contribution in [3.05, 3.63) is 52.0 Å². The van der Waals surface area contributed by atoms with E-state index < -0.39 is 70.4 Å². The molecular formula is C26H34N2O8. The molecule has 0 fully saturated rings. The van der Waals surface area contributed by atoms with Crippen molar-refractivity contribution in [2.75, 3.05) is 20.7 Å². The van der Waals surface area contributed by atoms with Gasteiger partial charge in [-0.15, -0.1) is 0 Å². The molecule has 1 amide bonds. The third kappa shape index (κ3) is 3.47. The Balaban J connectivity index is 2.03. The lowest BCUT2D eigenvalue weighted by Gasteiger charge is -2.56. The number of fused-ring (bicyclic) bond motifs is 3. The monoisotopic (exact) mass is 502 g/mol. The van der Waals surface area contributed by atoms with Gasteiger partial charge in [0.05, 0.1) is 23.3 Å². The summed E-state index contributed by atoms with van der Waals surface area (Å²) in [5, 5.41) is 57.3. The van der Waals surface area contributed by atoms with E-state index in [9.17, 15) is 35.1 Å². The molecule has 36 heavy (non-hydrogen) atoms. The van der Waals surface area contributed by atoms with E-state index in [0.29, 0.717) is 12.0 Å². The quantitative estimate of drug-likeness (QED) is 0.313. The summed E-state index contributed by atoms with van der Waals surface area (Å²) in [7, 11) is 3.17. The highest BCUT2D eigenvalue weighted by atomic mass is 16.5. The summed E-state index contributed by atoms with van der Waals surface area (Å²) in [5.74, 6) is -6.08. The van der Waals surface area contributed by atoms with Crippen molar-refractivity contribution in [3.8, 4) is 5.75 Å². The van der Waals surface area contributed by atoms with E-state index in [0.717, 1.165) is 6.42 Å². The van der Waals surface area contributed by atoms with E-state index in [-0.39, 0.29) is 23.5 Å². The Kier molecular flexibility index (Phi) is 6.67. The largest absolute Gasteiger partial charge is 0.510 e. The number of carbonyl (C=O) groups is 2. The number of primary amides is 1. The van der Waals surface area contributed by atoms with Crippen LogP contribution in [0.25, 0.3) is 0 Å². The molecule has 7 N–H and O–H groups in total. The normalized spacial score (nSPS) is 33.9. The smallest absolute Gasteiger partial charge is 0.250 e. The van der Waals surface area contributed by atoms with Crippen molar-refractivity contribution < 1.29 is 39.9 Å². The standard InChI is InChI=1S/C26H34N2O8/c1-5-6-10-36-24-17(25(27)34)22(32)19(28(3)4)18-21(31)14-11(2)12-8-7-9-13(29)15(12)20(30)16(14)23(33)26(18,24)35/h7-9,11,14,18-19,21,24,29,31-33,35H,5-6,10H2,1-4H3,(H2,27,34)/t11-,14+,18+,19-,21-,24?,26-/m0/s1. The summed E-state index contributed by atoms with van der Waals surface area (Å²) < 4.78 is 5.87. The molecule has 1 unspecified atom stereocenters. The van der Waals surface area contributed by atoms with E-state index in [2.05, 4.69) is 0 Å². The van der Waals surface area contributed by atoms with Crippen LogP contribution in [0, 0.1) is 11.8 Å². The molecule has 10 heteroatoms. The molecule has 4 rings (SSSR count). The van der Waals surface area contributed by atoms with E-state index in [4.69, 9.17) is 10.5 Å². The summed E-state index contributed by atoms with van der Waals surface area (Å²) in [5.41, 5.74) is 2.94. The van der Waals surface area contributed by atoms with Gasteiger partial charge < -0.3 is 36.0 Å². The molecule has 7 atom stereocenters. The number of aliphatic hydroxyl groups excluding tert-OH is 3. The SMILES string of the molecule is CCCCOC1C(C(N)=O)=C(O)[C@@H](N(C)C)[C@@H]2[C@@H](O)[C@H]3C(=C(O)[C@]12O)C(=O)c1c(O)cccc1[C@@H]3C. The van der Waals surface area contributed by atoms with Gasteiger partial charge >= 0.3 is 0 Å². The molecule has 1 aromatic carbocycles. The number of amides is 1. The van der Waals surface area contributed by atoms with Crippen LogP contribution in [0.3, 0.4) is 0 Å². The highest BCUT2D eigenvalue weighted by Gasteiger charge is 2.67. The Hall–Kier alpha value is -2.92. The molecule has 0 saturated heterocycles. The molecule has 0 radical (unpaired) electrons. The van der Waals surface area contributed by atoms with Gasteiger partial charge in [-0.05, 0) is 38.1 Å². The van der Waals surface area contributed by atoms with E-state index >= 15 is 0 Å². The molecule has 1 aromatic rings. The maximum atomic E-state index is 13.6. The molecule has 10 nitrogen and oxygen atoms in total. The van der Waals surface area contributed by atoms with E-state index in [1.807, 2.05) is 6.92 Å². The van der Waals surface area contributed by atoms with Crippen molar-refractivity contribution in [1.82, 2.24) is 4.90 Å². The number of Topliss-reactive ketones (excluding diaryl/α,β-unsaturated/α-hetero) is 1. The number of ketones is 1. The first-order chi connectivity index (χ1) is 16.9. The number of phenolic OH excluding ortho intramolecular Hbond substituents is 1. The summed E-state index contributed by atoms with van der Waals surface area (Å²) in [6.07, 6.45) is -1.82. The molecule has 3 aliphatic carbocycles. The minimum atomic E-state index is -2.47. The first kappa shape index (κ1) is 26.2. The zero-order chi connectivity index (χ0) is 26.7. The van der Waals surface area contributed by atoms with Crippen LogP contribution in [-0.4, -0.2) is 86.7 Å². The maximum absolute atomic E-state index is 13.6. The van der Waals surface area contributed by atoms with Crippen LogP contribution in [0.5, 0.6) is 5.75 Å². The average Bonchev–Trinajstić information content (AvgIpc) is 2.80. The molecule has 0 aromatic heterocycles. The molecular weight excluding hydrogens is 468 g/mol. The highest BCUT2D eigenvalue weighted by Crippen LogP contribution is 2.56. The zero-order valence-corrected chi connectivity index (χ0v) is 20.8. The van der Waals surface area contributed by atoms with Gasteiger partial charge in [0.1, 0.15) is 23.4 Å². The fourth-order valence-electron chi connectivity index (χ4n) is 6.29. The van der Waals surface area contributed by atoms with Crippen molar-refractivity contribution >= 4 is 11.7 Å². The van der Waals surface area contributed by atoms with Gasteiger partial charge in [0.15, 0.2) is 11.4 Å². The van der Waals surface area contributed by atoms with Gasteiger partial charge in [-0.3, -0.25) is 14.5 Å². The number of likely N-dealkylation sites (N-methyl/N-ethyl adjacent to an activating group) is 1. The fourth-order valence-corrected chi connectivity index (χ4v) is 6.29. The van der Waals surface area contributed by atoms with Crippen LogP contribution in [0.15, 0.2) is 40.9 Å². The summed E-state index contributed by atoms with van der Waals surface area (Å²) >= 11 is 0. The minimum Gasteiger partial charge on any atom is -0.510 e. The predicted molar refractivity (Wildman–Crippen MR) is 129 cm³/mol. The number of hydrogen-bond donors (Lipinski definition) is 6. The molecule has 0 spiro atoms. The summed E-state index contributed by atoms with van der Waals surface area (Å²) in [6, 6.07) is 3.48. The van der Waals surface area contributed by atoms with Crippen molar-refractivity contribution in [2.45, 2.75) is 56.5 Å². The molecule has 3 aliphatic rings. The van der Waals surface area contributed by atoms with E-state index in [1.165, 1.54) is 11.0 Å². The number of aliphatic hydroxyl groups is 4. The number of nitrogens with zero attached hydrogens (tertiary/aromatic N) is 1. The van der Waals surface area contributed by atoms with Crippen LogP contribution in [0.4, 0.5) is 0 Å². The van der Waals surface area contributed by atoms with Crippen LogP contribution in [0.2, 0.25) is 0 Å². The second kappa shape index (κ2) is 9.19. The second-order valence-corrected chi connectivity index (χ2v) is 10.2. The van der Waals surface area contributed by atoms with Gasteiger partial charge in [0.25, 0.3) is 5.91 Å². The van der Waals surface area contributed by atoms with Gasteiger partial charge in [-0.1, -0.05) is 32.4 Å². The number of unbranched alkanes of at least 4 members (excludes halogenated alkanes) is 1. The summed E-state index contributed by atoms with van der Waals surface area (Å²) in [4.78, 5) is 27.7. The molecule has 0 bridgehead atoms. The molecule has 0 aliphatic heterocycles. The van der Waals surface area contributed by atoms with E-state index in [1.54, 1.807) is 33.2 Å². The van der Waals surface area contributed by atoms with Crippen LogP contribution in [-0.2, 0) is 9.53 Å². The summed E-state index contributed by atoms with van der Waals surface area (Å²) in [6.45, 7) is 3.72.